The molecule has 1 aromatic carbocycles. The van der Waals surface area contributed by atoms with Crippen LogP contribution in [0.1, 0.15) is 19.3 Å². The minimum Gasteiger partial charge on any atom is -0.347 e. The van der Waals surface area contributed by atoms with Gasteiger partial charge in [-0.15, -0.1) is 11.8 Å². The quantitative estimate of drug-likeness (QED) is 0.912. The Kier molecular flexibility index (Phi) is 3.99. The zero-order chi connectivity index (χ0) is 14.2. The van der Waals surface area contributed by atoms with Crippen LogP contribution in [0.2, 0.25) is 0 Å². The Bertz CT molecular complexity index is 494. The molecule has 1 spiro atoms. The van der Waals surface area contributed by atoms with Crippen LogP contribution < -0.4 is 5.73 Å². The lowest BCUT2D eigenvalue weighted by Gasteiger charge is -2.39. The molecule has 6 heteroatoms. The summed E-state index contributed by atoms with van der Waals surface area (Å²) >= 11 is 1.27. The summed E-state index contributed by atoms with van der Waals surface area (Å²) in [6.45, 7) is 1.17. The molecule has 1 saturated heterocycles. The van der Waals surface area contributed by atoms with E-state index in [1.54, 1.807) is 0 Å². The van der Waals surface area contributed by atoms with E-state index in [0.29, 0.717) is 24.5 Å². The van der Waals surface area contributed by atoms with Crippen LogP contribution in [0.4, 0.5) is 8.78 Å². The van der Waals surface area contributed by atoms with Crippen LogP contribution in [-0.4, -0.2) is 30.3 Å². The fourth-order valence-electron chi connectivity index (χ4n) is 2.75. The van der Waals surface area contributed by atoms with Crippen molar-refractivity contribution < 1.29 is 18.3 Å². The van der Waals surface area contributed by atoms with E-state index < -0.39 is 17.4 Å². The van der Waals surface area contributed by atoms with Gasteiger partial charge in [0.1, 0.15) is 11.6 Å². The molecule has 1 saturated carbocycles. The molecule has 1 aliphatic heterocycles. The second-order valence-electron chi connectivity index (χ2n) is 5.25. The molecule has 3 nitrogen and oxygen atoms in total. The van der Waals surface area contributed by atoms with Crippen LogP contribution in [0.15, 0.2) is 23.1 Å². The Hall–Kier alpha value is -0.690. The van der Waals surface area contributed by atoms with Gasteiger partial charge in [-0.2, -0.15) is 0 Å². The van der Waals surface area contributed by atoms with E-state index in [2.05, 4.69) is 0 Å². The first-order chi connectivity index (χ1) is 9.58. The lowest BCUT2D eigenvalue weighted by Crippen LogP contribution is -2.47. The standard InChI is InChI=1S/C14H17F2NO2S/c15-9-1-2-10(16)12(7-9)20-13-8-14(4-3-11(13)17)18-5-6-19-14/h1-2,7,11,13H,3-6,8,17H2. The summed E-state index contributed by atoms with van der Waals surface area (Å²) in [5.74, 6) is -1.44. The molecule has 1 aromatic rings. The van der Waals surface area contributed by atoms with Gasteiger partial charge in [-0.25, -0.2) is 8.78 Å². The molecular formula is C14H17F2NO2S. The molecule has 0 bridgehead atoms. The summed E-state index contributed by atoms with van der Waals surface area (Å²) in [7, 11) is 0. The number of hydrogen-bond donors (Lipinski definition) is 1. The monoisotopic (exact) mass is 301 g/mol. The molecule has 2 fully saturated rings. The summed E-state index contributed by atoms with van der Waals surface area (Å²) in [6, 6.07) is 3.40. The first-order valence-electron chi connectivity index (χ1n) is 6.73. The molecule has 20 heavy (non-hydrogen) atoms. The SMILES string of the molecule is NC1CCC2(CC1Sc1cc(F)ccc1F)OCCO2. The van der Waals surface area contributed by atoms with Crippen molar-refractivity contribution in [3.05, 3.63) is 29.8 Å². The van der Waals surface area contributed by atoms with Crippen molar-refractivity contribution in [2.75, 3.05) is 13.2 Å². The van der Waals surface area contributed by atoms with Crippen LogP contribution in [0.25, 0.3) is 0 Å². The molecule has 1 heterocycles. The van der Waals surface area contributed by atoms with Crippen molar-refractivity contribution in [3.8, 4) is 0 Å². The number of rotatable bonds is 2. The smallest absolute Gasteiger partial charge is 0.169 e. The molecule has 2 atom stereocenters. The van der Waals surface area contributed by atoms with Gasteiger partial charge >= 0.3 is 0 Å². The second kappa shape index (κ2) is 5.60. The van der Waals surface area contributed by atoms with E-state index in [1.807, 2.05) is 0 Å². The van der Waals surface area contributed by atoms with Gasteiger partial charge in [0.2, 0.25) is 0 Å². The average molecular weight is 301 g/mol. The summed E-state index contributed by atoms with van der Waals surface area (Å²) in [5, 5.41) is -0.0434. The second-order valence-corrected chi connectivity index (χ2v) is 6.53. The fraction of sp³-hybridized carbons (Fsp3) is 0.571. The van der Waals surface area contributed by atoms with E-state index in [0.717, 1.165) is 25.0 Å². The van der Waals surface area contributed by atoms with Crippen LogP contribution in [0.5, 0.6) is 0 Å². The van der Waals surface area contributed by atoms with E-state index in [4.69, 9.17) is 15.2 Å². The largest absolute Gasteiger partial charge is 0.347 e. The molecule has 0 amide bonds. The highest BCUT2D eigenvalue weighted by atomic mass is 32.2. The number of halogens is 2. The molecule has 0 aromatic heterocycles. The van der Waals surface area contributed by atoms with Gasteiger partial charge < -0.3 is 15.2 Å². The van der Waals surface area contributed by atoms with E-state index in [1.165, 1.54) is 17.8 Å². The van der Waals surface area contributed by atoms with Crippen molar-refractivity contribution in [3.63, 3.8) is 0 Å². The van der Waals surface area contributed by atoms with E-state index >= 15 is 0 Å². The summed E-state index contributed by atoms with van der Waals surface area (Å²) in [6.07, 6.45) is 2.13. The van der Waals surface area contributed by atoms with Crippen LogP contribution in [-0.2, 0) is 9.47 Å². The number of ether oxygens (including phenoxy) is 2. The fourth-order valence-corrected chi connectivity index (χ4v) is 4.09. The van der Waals surface area contributed by atoms with Crippen LogP contribution in [0.3, 0.4) is 0 Å². The van der Waals surface area contributed by atoms with E-state index in [-0.39, 0.29) is 11.3 Å². The molecule has 2 aliphatic rings. The highest BCUT2D eigenvalue weighted by Crippen LogP contribution is 2.42. The maximum Gasteiger partial charge on any atom is 0.169 e. The first kappa shape index (κ1) is 14.3. The maximum atomic E-state index is 13.7. The van der Waals surface area contributed by atoms with Gasteiger partial charge in [-0.1, -0.05) is 0 Å². The third-order valence-electron chi connectivity index (χ3n) is 3.83. The number of thioether (sulfide) groups is 1. The van der Waals surface area contributed by atoms with Gasteiger partial charge in [-0.3, -0.25) is 0 Å². The Balaban J connectivity index is 1.76. The molecule has 110 valence electrons. The van der Waals surface area contributed by atoms with Gasteiger partial charge in [0, 0.05) is 29.0 Å². The number of benzene rings is 1. The lowest BCUT2D eigenvalue weighted by molar-refractivity contribution is -0.176. The third-order valence-corrected chi connectivity index (χ3v) is 5.22. The molecule has 0 radical (unpaired) electrons. The zero-order valence-electron chi connectivity index (χ0n) is 11.0. The molecular weight excluding hydrogens is 284 g/mol. The number of hydrogen-bond acceptors (Lipinski definition) is 4. The normalized spacial score (nSPS) is 28.9. The Morgan fingerprint density at radius 1 is 1.25 bits per heavy atom. The predicted molar refractivity (Wildman–Crippen MR) is 72.5 cm³/mol. The molecule has 2 N–H and O–H groups in total. The summed E-state index contributed by atoms with van der Waals surface area (Å²) in [5.41, 5.74) is 6.12. The van der Waals surface area contributed by atoms with Crippen molar-refractivity contribution in [1.29, 1.82) is 0 Å². The van der Waals surface area contributed by atoms with Crippen LogP contribution in [0, 0.1) is 11.6 Å². The predicted octanol–water partition coefficient (Wildman–Crippen LogP) is 2.68. The Morgan fingerprint density at radius 3 is 2.75 bits per heavy atom. The molecule has 3 rings (SSSR count). The first-order valence-corrected chi connectivity index (χ1v) is 7.61. The molecule has 2 unspecified atom stereocenters. The van der Waals surface area contributed by atoms with Gasteiger partial charge in [0.15, 0.2) is 5.79 Å². The van der Waals surface area contributed by atoms with Crippen molar-refractivity contribution in [2.45, 2.75) is 41.2 Å². The van der Waals surface area contributed by atoms with Gasteiger partial charge in [0.25, 0.3) is 0 Å². The van der Waals surface area contributed by atoms with Gasteiger partial charge in [-0.05, 0) is 24.6 Å². The minimum absolute atomic E-state index is 0.0434. The highest BCUT2D eigenvalue weighted by Gasteiger charge is 2.44. The lowest BCUT2D eigenvalue weighted by atomic mass is 9.90. The van der Waals surface area contributed by atoms with E-state index in [9.17, 15) is 8.78 Å². The summed E-state index contributed by atoms with van der Waals surface area (Å²) < 4.78 is 38.3. The summed E-state index contributed by atoms with van der Waals surface area (Å²) in [4.78, 5) is 0.292. The van der Waals surface area contributed by atoms with Crippen molar-refractivity contribution in [2.24, 2.45) is 5.73 Å². The Labute approximate surface area is 120 Å². The zero-order valence-corrected chi connectivity index (χ0v) is 11.8. The van der Waals surface area contributed by atoms with Gasteiger partial charge in [0.05, 0.1) is 13.2 Å². The topological polar surface area (TPSA) is 44.5 Å². The number of nitrogens with two attached hydrogens (primary N) is 1. The Morgan fingerprint density at radius 2 is 2.00 bits per heavy atom. The third kappa shape index (κ3) is 2.83. The van der Waals surface area contributed by atoms with Crippen molar-refractivity contribution in [1.82, 2.24) is 0 Å². The highest BCUT2D eigenvalue weighted by molar-refractivity contribution is 8.00. The van der Waals surface area contributed by atoms with Crippen LogP contribution >= 0.6 is 11.8 Å². The maximum absolute atomic E-state index is 13.7. The minimum atomic E-state index is -0.572. The molecule has 1 aliphatic carbocycles. The van der Waals surface area contributed by atoms with Crippen molar-refractivity contribution >= 4 is 11.8 Å². The average Bonchev–Trinajstić information content (AvgIpc) is 2.87.